The third-order valence-corrected chi connectivity index (χ3v) is 1.86. The second kappa shape index (κ2) is 5.10. The van der Waals surface area contributed by atoms with Crippen LogP contribution in [-0.2, 0) is 12.9 Å². The summed E-state index contributed by atoms with van der Waals surface area (Å²) in [6, 6.07) is -0.00845. The number of halogens is 7. The van der Waals surface area contributed by atoms with Crippen LogP contribution in [0.2, 0.25) is 0 Å². The third-order valence-electron chi connectivity index (χ3n) is 1.86. The Labute approximate surface area is 101 Å². The van der Waals surface area contributed by atoms with E-state index < -0.39 is 42.1 Å². The highest BCUT2D eigenvalue weighted by molar-refractivity contribution is 5.45. The number of aromatic nitrogens is 1. The van der Waals surface area contributed by atoms with E-state index in [4.69, 9.17) is 0 Å². The number of hydrogen-bond acceptors (Lipinski definition) is 3. The second-order valence-corrected chi connectivity index (χ2v) is 3.16. The lowest BCUT2D eigenvalue weighted by molar-refractivity contribution is -0.275. The monoisotopic (exact) mass is 293 g/mol. The fraction of sp³-hybridized carbons (Fsp3) is 0.444. The van der Waals surface area contributed by atoms with E-state index in [2.05, 4.69) is 14.5 Å². The van der Waals surface area contributed by atoms with Crippen molar-refractivity contribution in [1.29, 1.82) is 0 Å². The van der Waals surface area contributed by atoms with E-state index in [0.29, 0.717) is 0 Å². The molecule has 0 fully saturated rings. The Kier molecular flexibility index (Phi) is 4.11. The molecule has 0 atom stereocenters. The highest BCUT2D eigenvalue weighted by Crippen LogP contribution is 2.39. The maximum Gasteiger partial charge on any atom is 0.573 e. The zero-order valence-electron chi connectivity index (χ0n) is 9.19. The maximum absolute atomic E-state index is 12.5. The zero-order valence-corrected chi connectivity index (χ0v) is 9.19. The number of ether oxygens (including phenoxy) is 2. The summed E-state index contributed by atoms with van der Waals surface area (Å²) in [5.74, 6) is -2.14. The van der Waals surface area contributed by atoms with E-state index in [1.54, 1.807) is 0 Å². The quantitative estimate of drug-likeness (QED) is 0.800. The Morgan fingerprint density at radius 1 is 1.16 bits per heavy atom. The average Bonchev–Trinajstić information content (AvgIpc) is 2.24. The van der Waals surface area contributed by atoms with E-state index in [1.165, 1.54) is 0 Å². The second-order valence-electron chi connectivity index (χ2n) is 3.16. The number of rotatable bonds is 3. The molecule has 0 saturated heterocycles. The van der Waals surface area contributed by atoms with Crippen molar-refractivity contribution in [3.63, 3.8) is 0 Å². The number of nitrogens with zero attached hydrogens (tertiary/aromatic N) is 1. The van der Waals surface area contributed by atoms with Gasteiger partial charge in [0.2, 0.25) is 0 Å². The van der Waals surface area contributed by atoms with Gasteiger partial charge in [0.15, 0.2) is 11.5 Å². The molecule has 1 aromatic rings. The summed E-state index contributed by atoms with van der Waals surface area (Å²) in [6.07, 6.45) is -10.3. The number of pyridine rings is 1. The molecule has 3 nitrogen and oxygen atoms in total. The summed E-state index contributed by atoms with van der Waals surface area (Å²) in [4.78, 5) is 2.85. The van der Waals surface area contributed by atoms with Crippen molar-refractivity contribution < 1.29 is 40.2 Å². The van der Waals surface area contributed by atoms with Crippen molar-refractivity contribution in [1.82, 2.24) is 4.98 Å². The summed E-state index contributed by atoms with van der Waals surface area (Å²) in [7, 11) is 0.854. The molecule has 1 heterocycles. The predicted molar refractivity (Wildman–Crippen MR) is 47.3 cm³/mol. The lowest BCUT2D eigenvalue weighted by Gasteiger charge is -2.16. The first-order valence-corrected chi connectivity index (χ1v) is 4.55. The van der Waals surface area contributed by atoms with Crippen LogP contribution < -0.4 is 9.47 Å². The van der Waals surface area contributed by atoms with Gasteiger partial charge in [0.05, 0.1) is 7.11 Å². The molecule has 0 spiro atoms. The van der Waals surface area contributed by atoms with Gasteiger partial charge in [-0.3, -0.25) is 0 Å². The molecule has 1 rings (SSSR count). The molecule has 0 unspecified atom stereocenters. The normalized spacial score (nSPS) is 12.4. The van der Waals surface area contributed by atoms with Crippen molar-refractivity contribution in [3.05, 3.63) is 17.5 Å². The maximum atomic E-state index is 12.5. The molecule has 0 bridgehead atoms. The Hall–Kier alpha value is -1.74. The van der Waals surface area contributed by atoms with Gasteiger partial charge < -0.3 is 9.47 Å². The first-order valence-electron chi connectivity index (χ1n) is 4.55. The standard InChI is InChI=1S/C9H6F7NO2/c1-18-7-4(3-10)17-6(8(11,12)13)2-5(7)19-9(14,15)16/h2H,3H2,1H3. The summed E-state index contributed by atoms with van der Waals surface area (Å²) >= 11 is 0. The van der Waals surface area contributed by atoms with Gasteiger partial charge in [-0.05, 0) is 0 Å². The van der Waals surface area contributed by atoms with Crippen LogP contribution in [0.3, 0.4) is 0 Å². The van der Waals surface area contributed by atoms with Crippen LogP contribution in [0.5, 0.6) is 11.5 Å². The molecule has 0 aliphatic rings. The van der Waals surface area contributed by atoms with E-state index in [-0.39, 0.29) is 6.07 Å². The van der Waals surface area contributed by atoms with Crippen LogP contribution in [0.4, 0.5) is 30.7 Å². The molecule has 0 aliphatic carbocycles. The molecular weight excluding hydrogens is 287 g/mol. The summed E-state index contributed by atoms with van der Waals surface area (Å²) < 4.78 is 93.6. The van der Waals surface area contributed by atoms with Crippen molar-refractivity contribution >= 4 is 0 Å². The molecule has 1 aromatic heterocycles. The fourth-order valence-electron chi connectivity index (χ4n) is 1.22. The van der Waals surface area contributed by atoms with Crippen LogP contribution in [0, 0.1) is 0 Å². The largest absolute Gasteiger partial charge is 0.573 e. The van der Waals surface area contributed by atoms with Gasteiger partial charge in [-0.25, -0.2) is 9.37 Å². The van der Waals surface area contributed by atoms with Crippen LogP contribution in [0.25, 0.3) is 0 Å². The van der Waals surface area contributed by atoms with Gasteiger partial charge in [0, 0.05) is 6.07 Å². The van der Waals surface area contributed by atoms with Crippen LogP contribution in [0.1, 0.15) is 11.4 Å². The van der Waals surface area contributed by atoms with Crippen LogP contribution in [0.15, 0.2) is 6.07 Å². The lowest BCUT2D eigenvalue weighted by Crippen LogP contribution is -2.19. The van der Waals surface area contributed by atoms with Gasteiger partial charge >= 0.3 is 12.5 Å². The average molecular weight is 293 g/mol. The molecule has 0 aromatic carbocycles. The van der Waals surface area contributed by atoms with Gasteiger partial charge in [-0.1, -0.05) is 0 Å². The molecule has 0 radical (unpaired) electrons. The van der Waals surface area contributed by atoms with Gasteiger partial charge in [0.1, 0.15) is 18.1 Å². The molecular formula is C9H6F7NO2. The molecule has 19 heavy (non-hydrogen) atoms. The molecule has 0 aliphatic heterocycles. The summed E-state index contributed by atoms with van der Waals surface area (Å²) in [5, 5.41) is 0. The minimum absolute atomic E-state index is 0.00845. The molecule has 0 amide bonds. The van der Waals surface area contributed by atoms with Crippen molar-refractivity contribution in [2.24, 2.45) is 0 Å². The smallest absolute Gasteiger partial charge is 0.491 e. The van der Waals surface area contributed by atoms with Gasteiger partial charge in [-0.15, -0.1) is 13.2 Å². The Balaban J connectivity index is 3.40. The fourth-order valence-corrected chi connectivity index (χ4v) is 1.22. The molecule has 10 heteroatoms. The number of alkyl halides is 7. The Morgan fingerprint density at radius 2 is 1.74 bits per heavy atom. The first kappa shape index (κ1) is 15.3. The topological polar surface area (TPSA) is 31.4 Å². The van der Waals surface area contributed by atoms with E-state index in [9.17, 15) is 30.7 Å². The van der Waals surface area contributed by atoms with Crippen molar-refractivity contribution in [2.75, 3.05) is 7.11 Å². The SMILES string of the molecule is COc1c(OC(F)(F)F)cc(C(F)(F)F)nc1CF. The van der Waals surface area contributed by atoms with Crippen molar-refractivity contribution in [3.8, 4) is 11.5 Å². The summed E-state index contributed by atoms with van der Waals surface area (Å²) in [5.41, 5.74) is -2.64. The van der Waals surface area contributed by atoms with E-state index in [0.717, 1.165) is 7.11 Å². The lowest BCUT2D eigenvalue weighted by atomic mass is 10.2. The third kappa shape index (κ3) is 3.86. The number of hydrogen-bond donors (Lipinski definition) is 0. The molecule has 108 valence electrons. The highest BCUT2D eigenvalue weighted by Gasteiger charge is 2.38. The molecule has 0 saturated carbocycles. The van der Waals surface area contributed by atoms with Gasteiger partial charge in [-0.2, -0.15) is 13.2 Å². The Morgan fingerprint density at radius 3 is 2.11 bits per heavy atom. The zero-order chi connectivity index (χ0) is 14.8. The van der Waals surface area contributed by atoms with E-state index in [1.807, 2.05) is 0 Å². The summed E-state index contributed by atoms with van der Waals surface area (Å²) in [6.45, 7) is -1.54. The minimum atomic E-state index is -5.24. The van der Waals surface area contributed by atoms with Crippen LogP contribution >= 0.6 is 0 Å². The minimum Gasteiger partial charge on any atom is -0.491 e. The van der Waals surface area contributed by atoms with E-state index >= 15 is 0 Å². The Bertz CT molecular complexity index is 455. The van der Waals surface area contributed by atoms with Gasteiger partial charge in [0.25, 0.3) is 0 Å². The molecule has 0 N–H and O–H groups in total. The highest BCUT2D eigenvalue weighted by atomic mass is 19.4. The predicted octanol–water partition coefficient (Wildman–Crippen LogP) is 3.48. The number of methoxy groups -OCH3 is 1. The van der Waals surface area contributed by atoms with Crippen molar-refractivity contribution in [2.45, 2.75) is 19.2 Å². The first-order chi connectivity index (χ1) is 8.58. The van der Waals surface area contributed by atoms with Crippen LogP contribution in [-0.4, -0.2) is 18.5 Å².